The lowest BCUT2D eigenvalue weighted by Gasteiger charge is -2.34. The van der Waals surface area contributed by atoms with Crippen LogP contribution in [0.5, 0.6) is 0 Å². The number of aliphatic hydroxyl groups is 1. The van der Waals surface area contributed by atoms with E-state index >= 15 is 0 Å². The number of anilines is 1. The van der Waals surface area contributed by atoms with Gasteiger partial charge in [0.05, 0.1) is 29.8 Å². The van der Waals surface area contributed by atoms with Crippen LogP contribution in [0.15, 0.2) is 23.4 Å². The topological polar surface area (TPSA) is 134 Å². The molecule has 114 valence electrons. The van der Waals surface area contributed by atoms with Crippen LogP contribution in [0.3, 0.4) is 0 Å². The van der Waals surface area contributed by atoms with Crippen LogP contribution in [0.25, 0.3) is 0 Å². The van der Waals surface area contributed by atoms with Crippen molar-refractivity contribution < 1.29 is 20.0 Å². The Balaban J connectivity index is 2.40. The average molecular weight is 296 g/mol. The minimum atomic E-state index is -0.548. The Morgan fingerprint density at radius 1 is 1.62 bits per heavy atom. The Labute approximate surface area is 120 Å². The smallest absolute Gasteiger partial charge is 0.270 e. The lowest BCUT2D eigenvalue weighted by molar-refractivity contribution is -0.384. The van der Waals surface area contributed by atoms with Crippen LogP contribution >= 0.6 is 0 Å². The van der Waals surface area contributed by atoms with E-state index in [0.29, 0.717) is 25.4 Å². The van der Waals surface area contributed by atoms with Crippen molar-refractivity contribution in [3.05, 3.63) is 33.9 Å². The minimum absolute atomic E-state index is 0.123. The zero-order chi connectivity index (χ0) is 15.4. The fourth-order valence-electron chi connectivity index (χ4n) is 2.22. The Morgan fingerprint density at radius 3 is 3.00 bits per heavy atom. The molecule has 4 N–H and O–H groups in total. The second kappa shape index (κ2) is 6.37. The van der Waals surface area contributed by atoms with Gasteiger partial charge in [0.1, 0.15) is 0 Å². The fourth-order valence-corrected chi connectivity index (χ4v) is 2.22. The highest BCUT2D eigenvalue weighted by atomic mass is 16.6. The van der Waals surface area contributed by atoms with E-state index in [9.17, 15) is 10.1 Å². The number of hydrogen-bond donors (Lipinski definition) is 3. The van der Waals surface area contributed by atoms with E-state index in [2.05, 4.69) is 5.16 Å². The first-order chi connectivity index (χ1) is 10.1. The molecule has 1 aliphatic rings. The van der Waals surface area contributed by atoms with Crippen LogP contribution < -0.4 is 10.6 Å². The number of morpholine rings is 1. The molecule has 1 heterocycles. The number of aliphatic hydroxyl groups excluding tert-OH is 1. The van der Waals surface area contributed by atoms with Crippen LogP contribution in [0.4, 0.5) is 11.4 Å². The quantitative estimate of drug-likeness (QED) is 0.232. The minimum Gasteiger partial charge on any atom is -0.409 e. The third kappa shape index (κ3) is 3.20. The standard InChI is InChI=1S/C12H16N4O5/c13-12(14-18)10-5-8(16(19)20)1-2-11(10)15-3-4-21-9(6-15)7-17/h1-2,5,9,17-18H,3-4,6-7H2,(H2,13,14). The molecule has 1 saturated heterocycles. The number of benzene rings is 1. The Kier molecular flexibility index (Phi) is 4.55. The summed E-state index contributed by atoms with van der Waals surface area (Å²) in [6.07, 6.45) is -0.339. The van der Waals surface area contributed by atoms with Gasteiger partial charge in [-0.2, -0.15) is 0 Å². The molecule has 0 saturated carbocycles. The van der Waals surface area contributed by atoms with Gasteiger partial charge in [0.2, 0.25) is 0 Å². The summed E-state index contributed by atoms with van der Waals surface area (Å²) in [6.45, 7) is 1.25. The highest BCUT2D eigenvalue weighted by molar-refractivity contribution is 6.02. The summed E-state index contributed by atoms with van der Waals surface area (Å²) in [7, 11) is 0. The van der Waals surface area contributed by atoms with Gasteiger partial charge in [-0.25, -0.2) is 0 Å². The second-order valence-electron chi connectivity index (χ2n) is 4.57. The largest absolute Gasteiger partial charge is 0.409 e. The van der Waals surface area contributed by atoms with E-state index in [1.165, 1.54) is 12.1 Å². The maximum atomic E-state index is 10.8. The van der Waals surface area contributed by atoms with Gasteiger partial charge in [-0.05, 0) is 6.07 Å². The van der Waals surface area contributed by atoms with Crippen LogP contribution in [0.1, 0.15) is 5.56 Å². The van der Waals surface area contributed by atoms with Crippen molar-refractivity contribution in [3.63, 3.8) is 0 Å². The molecule has 9 heteroatoms. The lowest BCUT2D eigenvalue weighted by atomic mass is 10.1. The van der Waals surface area contributed by atoms with Crippen LogP contribution in [0.2, 0.25) is 0 Å². The Morgan fingerprint density at radius 2 is 2.38 bits per heavy atom. The summed E-state index contributed by atoms with van der Waals surface area (Å²) < 4.78 is 5.36. The lowest BCUT2D eigenvalue weighted by Crippen LogP contribution is -2.44. The summed E-state index contributed by atoms with van der Waals surface area (Å²) >= 11 is 0. The first kappa shape index (κ1) is 15.0. The zero-order valence-electron chi connectivity index (χ0n) is 11.2. The first-order valence-corrected chi connectivity index (χ1v) is 6.30. The van der Waals surface area contributed by atoms with Crippen LogP contribution in [-0.4, -0.2) is 53.5 Å². The summed E-state index contributed by atoms with van der Waals surface area (Å²) in [5.74, 6) is -0.208. The zero-order valence-corrected chi connectivity index (χ0v) is 11.2. The summed E-state index contributed by atoms with van der Waals surface area (Å²) in [5.41, 5.74) is 6.33. The molecule has 1 atom stereocenters. The molecule has 1 fully saturated rings. The number of ether oxygens (including phenoxy) is 1. The molecule has 21 heavy (non-hydrogen) atoms. The normalized spacial score (nSPS) is 19.6. The summed E-state index contributed by atoms with van der Waals surface area (Å²) in [6, 6.07) is 4.16. The first-order valence-electron chi connectivity index (χ1n) is 6.30. The molecular weight excluding hydrogens is 280 g/mol. The molecule has 1 aliphatic heterocycles. The molecule has 0 amide bonds. The predicted molar refractivity (Wildman–Crippen MR) is 74.6 cm³/mol. The molecule has 0 spiro atoms. The molecule has 0 aliphatic carbocycles. The Hall–Kier alpha value is -2.39. The number of nitro benzene ring substituents is 1. The maximum absolute atomic E-state index is 10.8. The van der Waals surface area contributed by atoms with Gasteiger partial charge < -0.3 is 25.7 Å². The van der Waals surface area contributed by atoms with Gasteiger partial charge in [0.25, 0.3) is 5.69 Å². The van der Waals surface area contributed by atoms with E-state index in [1.54, 1.807) is 6.07 Å². The Bertz CT molecular complexity index is 563. The molecule has 0 bridgehead atoms. The van der Waals surface area contributed by atoms with Crippen molar-refractivity contribution in [2.75, 3.05) is 31.2 Å². The van der Waals surface area contributed by atoms with Crippen molar-refractivity contribution in [1.82, 2.24) is 0 Å². The van der Waals surface area contributed by atoms with Gasteiger partial charge in [-0.1, -0.05) is 5.16 Å². The molecule has 1 aromatic carbocycles. The molecule has 1 unspecified atom stereocenters. The number of rotatable bonds is 4. The number of nitrogens with two attached hydrogens (primary N) is 1. The van der Waals surface area contributed by atoms with Crippen molar-refractivity contribution in [1.29, 1.82) is 0 Å². The van der Waals surface area contributed by atoms with Gasteiger partial charge in [0, 0.05) is 30.9 Å². The highest BCUT2D eigenvalue weighted by Gasteiger charge is 2.24. The van der Waals surface area contributed by atoms with Crippen molar-refractivity contribution in [3.8, 4) is 0 Å². The molecule has 0 aromatic heterocycles. The maximum Gasteiger partial charge on any atom is 0.270 e. The number of nitro groups is 1. The molecule has 1 aromatic rings. The number of amidine groups is 1. The average Bonchev–Trinajstić information content (AvgIpc) is 2.53. The fraction of sp³-hybridized carbons (Fsp3) is 0.417. The SMILES string of the molecule is N/C(=N/O)c1cc([N+](=O)[O-])ccc1N1CCOC(CO)C1. The van der Waals surface area contributed by atoms with Crippen LogP contribution in [-0.2, 0) is 4.74 Å². The summed E-state index contributed by atoms with van der Waals surface area (Å²) in [5, 5.41) is 31.8. The van der Waals surface area contributed by atoms with Gasteiger partial charge in [0.15, 0.2) is 5.84 Å². The molecule has 9 nitrogen and oxygen atoms in total. The van der Waals surface area contributed by atoms with Crippen molar-refractivity contribution >= 4 is 17.2 Å². The summed E-state index contributed by atoms with van der Waals surface area (Å²) in [4.78, 5) is 12.2. The number of oxime groups is 1. The second-order valence-corrected chi connectivity index (χ2v) is 4.57. The highest BCUT2D eigenvalue weighted by Crippen LogP contribution is 2.27. The molecular formula is C12H16N4O5. The molecule has 2 rings (SSSR count). The van der Waals surface area contributed by atoms with Crippen LogP contribution in [0, 0.1) is 10.1 Å². The van der Waals surface area contributed by atoms with E-state index in [1.807, 2.05) is 4.90 Å². The van der Waals surface area contributed by atoms with E-state index in [4.69, 9.17) is 20.8 Å². The van der Waals surface area contributed by atoms with E-state index in [0.717, 1.165) is 0 Å². The van der Waals surface area contributed by atoms with Gasteiger partial charge >= 0.3 is 0 Å². The third-order valence-corrected chi connectivity index (χ3v) is 3.26. The number of hydrogen-bond acceptors (Lipinski definition) is 7. The van der Waals surface area contributed by atoms with Gasteiger partial charge in [-0.3, -0.25) is 10.1 Å². The third-order valence-electron chi connectivity index (χ3n) is 3.26. The number of non-ortho nitro benzene ring substituents is 1. The van der Waals surface area contributed by atoms with E-state index < -0.39 is 4.92 Å². The number of nitrogens with zero attached hydrogens (tertiary/aromatic N) is 3. The van der Waals surface area contributed by atoms with E-state index in [-0.39, 0.29) is 29.8 Å². The van der Waals surface area contributed by atoms with Gasteiger partial charge in [-0.15, -0.1) is 0 Å². The predicted octanol–water partition coefficient (Wildman–Crippen LogP) is -0.113. The molecule has 0 radical (unpaired) electrons. The van der Waals surface area contributed by atoms with Crippen molar-refractivity contribution in [2.24, 2.45) is 10.9 Å². The van der Waals surface area contributed by atoms with Crippen molar-refractivity contribution in [2.45, 2.75) is 6.10 Å². The monoisotopic (exact) mass is 296 g/mol.